The Morgan fingerprint density at radius 3 is 2.49 bits per heavy atom. The van der Waals surface area contributed by atoms with Crippen molar-refractivity contribution >= 4 is 40.1 Å². The molecular formula is C29H28N4O3S. The van der Waals surface area contributed by atoms with E-state index in [1.54, 1.807) is 24.3 Å². The molecule has 0 saturated heterocycles. The Morgan fingerprint density at radius 2 is 1.78 bits per heavy atom. The number of hydrazone groups is 1. The van der Waals surface area contributed by atoms with Crippen LogP contribution in [0.1, 0.15) is 42.5 Å². The van der Waals surface area contributed by atoms with Crippen molar-refractivity contribution in [2.45, 2.75) is 38.0 Å². The van der Waals surface area contributed by atoms with Crippen molar-refractivity contribution in [3.05, 3.63) is 95.6 Å². The highest BCUT2D eigenvalue weighted by molar-refractivity contribution is 8.15. The molecule has 2 amide bonds. The summed E-state index contributed by atoms with van der Waals surface area (Å²) >= 11 is 1.30. The lowest BCUT2D eigenvalue weighted by Gasteiger charge is -2.23. The molecule has 1 N–H and O–H groups in total. The number of carbonyl (C=O) groups excluding carboxylic acids is 2. The summed E-state index contributed by atoms with van der Waals surface area (Å²) in [5, 5.41) is 9.54. The maximum absolute atomic E-state index is 12.8. The highest BCUT2D eigenvalue weighted by Crippen LogP contribution is 2.38. The Bertz CT molecular complexity index is 1340. The molecule has 2 aliphatic rings. The molecule has 0 saturated carbocycles. The second-order valence-electron chi connectivity index (χ2n) is 8.94. The topological polar surface area (TPSA) is 83.4 Å². The van der Waals surface area contributed by atoms with Crippen molar-refractivity contribution in [3.63, 3.8) is 0 Å². The van der Waals surface area contributed by atoms with Gasteiger partial charge in [-0.3, -0.25) is 9.59 Å². The number of aryl methyl sites for hydroxylation is 1. The molecule has 2 aliphatic heterocycles. The third-order valence-corrected chi connectivity index (χ3v) is 7.37. The first kappa shape index (κ1) is 24.8. The third kappa shape index (κ3) is 5.75. The Balaban J connectivity index is 1.30. The van der Waals surface area contributed by atoms with Crippen LogP contribution in [-0.2, 0) is 9.59 Å². The van der Waals surface area contributed by atoms with Crippen LogP contribution in [-0.4, -0.2) is 39.6 Å². The zero-order valence-electron chi connectivity index (χ0n) is 20.8. The Hall–Kier alpha value is -3.91. The molecule has 2 heterocycles. The largest absolute Gasteiger partial charge is 0.494 e. The van der Waals surface area contributed by atoms with E-state index in [0.29, 0.717) is 23.9 Å². The molecule has 37 heavy (non-hydrogen) atoms. The van der Waals surface area contributed by atoms with Crippen LogP contribution in [0.3, 0.4) is 0 Å². The smallest absolute Gasteiger partial charge is 0.262 e. The summed E-state index contributed by atoms with van der Waals surface area (Å²) in [6.07, 6.45) is 0.728. The third-order valence-electron chi connectivity index (χ3n) is 6.22. The Kier molecular flexibility index (Phi) is 7.37. The Labute approximate surface area is 220 Å². The number of carbonyl (C=O) groups is 2. The molecule has 0 aliphatic carbocycles. The van der Waals surface area contributed by atoms with Gasteiger partial charge in [-0.15, -0.1) is 0 Å². The molecule has 0 bridgehead atoms. The van der Waals surface area contributed by atoms with Crippen molar-refractivity contribution in [3.8, 4) is 5.75 Å². The quantitative estimate of drug-likeness (QED) is 0.447. The minimum absolute atomic E-state index is 0.0298. The van der Waals surface area contributed by atoms with Gasteiger partial charge in [0, 0.05) is 18.5 Å². The predicted octanol–water partition coefficient (Wildman–Crippen LogP) is 5.57. The molecule has 0 fully saturated rings. The van der Waals surface area contributed by atoms with E-state index in [1.807, 2.05) is 30.1 Å². The fourth-order valence-corrected chi connectivity index (χ4v) is 5.39. The van der Waals surface area contributed by atoms with Crippen LogP contribution >= 0.6 is 11.8 Å². The van der Waals surface area contributed by atoms with Gasteiger partial charge in [-0.1, -0.05) is 71.9 Å². The second-order valence-corrected chi connectivity index (χ2v) is 10.1. The van der Waals surface area contributed by atoms with Gasteiger partial charge in [0.2, 0.25) is 5.91 Å². The van der Waals surface area contributed by atoms with E-state index in [0.717, 1.165) is 22.6 Å². The second kappa shape index (κ2) is 11.0. The van der Waals surface area contributed by atoms with Gasteiger partial charge >= 0.3 is 0 Å². The number of ether oxygens (including phenoxy) is 1. The highest BCUT2D eigenvalue weighted by Gasteiger charge is 2.39. The van der Waals surface area contributed by atoms with E-state index in [9.17, 15) is 9.59 Å². The number of amides is 2. The number of anilines is 1. The summed E-state index contributed by atoms with van der Waals surface area (Å²) in [6, 6.07) is 25.5. The van der Waals surface area contributed by atoms with E-state index in [1.165, 1.54) is 17.3 Å². The molecule has 0 radical (unpaired) electrons. The van der Waals surface area contributed by atoms with Gasteiger partial charge in [0.25, 0.3) is 5.91 Å². The highest BCUT2D eigenvalue weighted by atomic mass is 32.2. The van der Waals surface area contributed by atoms with Gasteiger partial charge in [0.1, 0.15) is 11.0 Å². The molecule has 3 aromatic rings. The SMILES string of the molecule is CCOc1ccc(NC(=O)CC2SC(N3N=C(c4ccc(C)cc4)CC3c3ccccc3)=NC2=O)cc1. The summed E-state index contributed by atoms with van der Waals surface area (Å²) < 4.78 is 5.44. The first-order valence-corrected chi connectivity index (χ1v) is 13.2. The van der Waals surface area contributed by atoms with Crippen molar-refractivity contribution in [1.82, 2.24) is 5.01 Å². The number of aliphatic imine (C=N–C) groups is 1. The summed E-state index contributed by atoms with van der Waals surface area (Å²) in [6.45, 7) is 4.55. The lowest BCUT2D eigenvalue weighted by atomic mass is 9.98. The van der Waals surface area contributed by atoms with Gasteiger partial charge in [-0.2, -0.15) is 10.1 Å². The number of amidine groups is 1. The number of nitrogens with one attached hydrogen (secondary N) is 1. The van der Waals surface area contributed by atoms with Gasteiger partial charge in [-0.05, 0) is 49.2 Å². The molecule has 5 rings (SSSR count). The molecule has 0 aromatic heterocycles. The number of benzene rings is 3. The first-order valence-electron chi connectivity index (χ1n) is 12.3. The first-order chi connectivity index (χ1) is 18.0. The molecule has 0 spiro atoms. The van der Waals surface area contributed by atoms with Crippen LogP contribution in [0.4, 0.5) is 5.69 Å². The van der Waals surface area contributed by atoms with Gasteiger partial charge in [-0.25, -0.2) is 5.01 Å². The van der Waals surface area contributed by atoms with Gasteiger partial charge < -0.3 is 10.1 Å². The maximum atomic E-state index is 12.8. The molecule has 188 valence electrons. The average Bonchev–Trinajstić information content (AvgIpc) is 3.50. The minimum atomic E-state index is -0.590. The number of rotatable bonds is 7. The molecule has 7 nitrogen and oxygen atoms in total. The van der Waals surface area contributed by atoms with Crippen LogP contribution < -0.4 is 10.1 Å². The number of nitrogens with zero attached hydrogens (tertiary/aromatic N) is 3. The zero-order valence-corrected chi connectivity index (χ0v) is 21.6. The van der Waals surface area contributed by atoms with Crippen LogP contribution in [0.15, 0.2) is 89.0 Å². The molecule has 2 unspecified atom stereocenters. The molecule has 8 heteroatoms. The maximum Gasteiger partial charge on any atom is 0.262 e. The van der Waals surface area contributed by atoms with Crippen LogP contribution in [0.5, 0.6) is 5.75 Å². The van der Waals surface area contributed by atoms with E-state index in [4.69, 9.17) is 9.84 Å². The molecule has 3 aromatic carbocycles. The monoisotopic (exact) mass is 512 g/mol. The number of hydrogen-bond acceptors (Lipinski definition) is 6. The van der Waals surface area contributed by atoms with E-state index < -0.39 is 5.25 Å². The van der Waals surface area contributed by atoms with Crippen molar-refractivity contribution in [2.75, 3.05) is 11.9 Å². The summed E-state index contributed by atoms with van der Waals surface area (Å²) in [5.74, 6) is 0.188. The normalized spacial score (nSPS) is 19.0. The predicted molar refractivity (Wildman–Crippen MR) is 148 cm³/mol. The van der Waals surface area contributed by atoms with Gasteiger partial charge in [0.05, 0.1) is 18.4 Å². The van der Waals surface area contributed by atoms with E-state index in [2.05, 4.69) is 53.6 Å². The van der Waals surface area contributed by atoms with E-state index in [-0.39, 0.29) is 24.3 Å². The fraction of sp³-hybridized carbons (Fsp3) is 0.241. The standard InChI is InChI=1S/C29H28N4O3S/c1-3-36-23-15-13-22(14-16-23)30-27(34)18-26-28(35)31-29(37-26)33-25(21-7-5-4-6-8-21)17-24(32-33)20-11-9-19(2)10-12-20/h4-16,25-26H,3,17-18H2,1-2H3,(H,30,34). The number of thioether (sulfide) groups is 1. The van der Waals surface area contributed by atoms with Crippen LogP contribution in [0.25, 0.3) is 0 Å². The van der Waals surface area contributed by atoms with Crippen molar-refractivity contribution in [2.24, 2.45) is 10.1 Å². The molecule has 2 atom stereocenters. The minimum Gasteiger partial charge on any atom is -0.494 e. The van der Waals surface area contributed by atoms with Gasteiger partial charge in [0.15, 0.2) is 5.17 Å². The summed E-state index contributed by atoms with van der Waals surface area (Å²) in [4.78, 5) is 29.8. The summed E-state index contributed by atoms with van der Waals surface area (Å²) in [5.41, 5.74) is 4.94. The number of hydrogen-bond donors (Lipinski definition) is 1. The average molecular weight is 513 g/mol. The van der Waals surface area contributed by atoms with Crippen molar-refractivity contribution in [1.29, 1.82) is 0 Å². The molecular weight excluding hydrogens is 484 g/mol. The fourth-order valence-electron chi connectivity index (χ4n) is 4.33. The lowest BCUT2D eigenvalue weighted by molar-refractivity contribution is -0.121. The van der Waals surface area contributed by atoms with Crippen LogP contribution in [0.2, 0.25) is 0 Å². The van der Waals surface area contributed by atoms with E-state index >= 15 is 0 Å². The van der Waals surface area contributed by atoms with Crippen LogP contribution in [0, 0.1) is 6.92 Å². The lowest BCUT2D eigenvalue weighted by Crippen LogP contribution is -2.25. The summed E-state index contributed by atoms with van der Waals surface area (Å²) in [7, 11) is 0. The zero-order chi connectivity index (χ0) is 25.8. The van der Waals surface area contributed by atoms with Crippen molar-refractivity contribution < 1.29 is 14.3 Å². The Morgan fingerprint density at radius 1 is 1.05 bits per heavy atom.